The normalized spacial score (nSPS) is 10.6. The molecule has 3 aromatic rings. The number of fused-ring (bicyclic) bond motifs is 1. The zero-order chi connectivity index (χ0) is 13.9. The fourth-order valence-electron chi connectivity index (χ4n) is 1.99. The Bertz CT molecular complexity index is 752. The predicted octanol–water partition coefficient (Wildman–Crippen LogP) is 2.81. The van der Waals surface area contributed by atoms with Crippen LogP contribution < -0.4 is 11.1 Å². The van der Waals surface area contributed by atoms with E-state index in [1.807, 2.05) is 42.5 Å². The van der Waals surface area contributed by atoms with Crippen molar-refractivity contribution in [2.45, 2.75) is 6.54 Å². The number of pyridine rings is 1. The van der Waals surface area contributed by atoms with E-state index in [2.05, 4.69) is 10.3 Å². The molecule has 2 aromatic heterocycles. The number of nitrogens with one attached hydrogen (secondary N) is 1. The lowest BCUT2D eigenvalue weighted by Gasteiger charge is -2.03. The van der Waals surface area contributed by atoms with Gasteiger partial charge in [-0.3, -0.25) is 9.78 Å². The standard InChI is InChI=1S/C15H13N3OS/c16-13-11-6-1-2-7-12(11)20-14(13)15(19)18-9-10-5-3-4-8-17-10/h1-8H,9,16H2,(H,18,19). The average molecular weight is 283 g/mol. The number of nitrogen functional groups attached to an aromatic ring is 1. The molecule has 0 fully saturated rings. The summed E-state index contributed by atoms with van der Waals surface area (Å²) >= 11 is 1.41. The summed E-state index contributed by atoms with van der Waals surface area (Å²) < 4.78 is 1.02. The molecule has 0 aliphatic carbocycles. The van der Waals surface area contributed by atoms with Crippen LogP contribution in [0.25, 0.3) is 10.1 Å². The maximum atomic E-state index is 12.2. The Labute approximate surface area is 120 Å². The van der Waals surface area contributed by atoms with Gasteiger partial charge in [0, 0.05) is 16.3 Å². The molecule has 0 bridgehead atoms. The number of rotatable bonds is 3. The van der Waals surface area contributed by atoms with Gasteiger partial charge < -0.3 is 11.1 Å². The fraction of sp³-hybridized carbons (Fsp3) is 0.0667. The van der Waals surface area contributed by atoms with Crippen molar-refractivity contribution in [2.24, 2.45) is 0 Å². The largest absolute Gasteiger partial charge is 0.397 e. The summed E-state index contributed by atoms with van der Waals surface area (Å²) in [5.41, 5.74) is 7.41. The van der Waals surface area contributed by atoms with Gasteiger partial charge in [0.2, 0.25) is 0 Å². The van der Waals surface area contributed by atoms with Crippen LogP contribution in [0, 0.1) is 0 Å². The van der Waals surface area contributed by atoms with Gasteiger partial charge in [0.15, 0.2) is 0 Å². The number of nitrogens with two attached hydrogens (primary N) is 1. The summed E-state index contributed by atoms with van der Waals surface area (Å²) in [5.74, 6) is -0.158. The van der Waals surface area contributed by atoms with Crippen LogP contribution in [0.2, 0.25) is 0 Å². The first-order valence-corrected chi connectivity index (χ1v) is 7.02. The summed E-state index contributed by atoms with van der Waals surface area (Å²) in [6.45, 7) is 0.396. The van der Waals surface area contributed by atoms with Crippen molar-refractivity contribution >= 4 is 33.0 Å². The number of carbonyl (C=O) groups excluding carboxylic acids is 1. The van der Waals surface area contributed by atoms with Crippen LogP contribution in [0.4, 0.5) is 5.69 Å². The van der Waals surface area contributed by atoms with E-state index in [1.54, 1.807) is 6.20 Å². The van der Waals surface area contributed by atoms with Crippen LogP contribution in [0.1, 0.15) is 15.4 Å². The number of aromatic nitrogens is 1. The molecule has 0 aliphatic heterocycles. The molecular weight excluding hydrogens is 270 g/mol. The number of thiophene rings is 1. The Morgan fingerprint density at radius 2 is 2.00 bits per heavy atom. The van der Waals surface area contributed by atoms with Gasteiger partial charge in [0.25, 0.3) is 5.91 Å². The van der Waals surface area contributed by atoms with Gasteiger partial charge in [-0.15, -0.1) is 11.3 Å². The van der Waals surface area contributed by atoms with Crippen LogP contribution in [0.15, 0.2) is 48.7 Å². The Balaban J connectivity index is 1.81. The van der Waals surface area contributed by atoms with E-state index in [0.29, 0.717) is 17.1 Å². The Morgan fingerprint density at radius 1 is 1.20 bits per heavy atom. The van der Waals surface area contributed by atoms with Crippen molar-refractivity contribution in [3.63, 3.8) is 0 Å². The molecule has 3 N–H and O–H groups in total. The van der Waals surface area contributed by atoms with Gasteiger partial charge in [-0.1, -0.05) is 24.3 Å². The summed E-state index contributed by atoms with van der Waals surface area (Å²) in [4.78, 5) is 16.9. The van der Waals surface area contributed by atoms with Gasteiger partial charge in [-0.2, -0.15) is 0 Å². The minimum atomic E-state index is -0.158. The van der Waals surface area contributed by atoms with Gasteiger partial charge >= 0.3 is 0 Å². The lowest BCUT2D eigenvalue weighted by atomic mass is 10.2. The Hall–Kier alpha value is -2.40. The lowest BCUT2D eigenvalue weighted by Crippen LogP contribution is -2.23. The topological polar surface area (TPSA) is 68.0 Å². The van der Waals surface area contributed by atoms with Crippen molar-refractivity contribution in [3.05, 3.63) is 59.2 Å². The highest BCUT2D eigenvalue weighted by atomic mass is 32.1. The van der Waals surface area contributed by atoms with Gasteiger partial charge in [-0.25, -0.2) is 0 Å². The van der Waals surface area contributed by atoms with E-state index < -0.39 is 0 Å². The zero-order valence-corrected chi connectivity index (χ0v) is 11.5. The maximum Gasteiger partial charge on any atom is 0.263 e. The first-order valence-electron chi connectivity index (χ1n) is 6.21. The van der Waals surface area contributed by atoms with E-state index in [-0.39, 0.29) is 5.91 Å². The van der Waals surface area contributed by atoms with Crippen LogP contribution >= 0.6 is 11.3 Å². The summed E-state index contributed by atoms with van der Waals surface area (Å²) in [7, 11) is 0. The first-order chi connectivity index (χ1) is 9.75. The number of anilines is 1. The van der Waals surface area contributed by atoms with E-state index >= 15 is 0 Å². The monoisotopic (exact) mass is 283 g/mol. The number of nitrogens with zero attached hydrogens (tertiary/aromatic N) is 1. The third-order valence-electron chi connectivity index (χ3n) is 3.00. The SMILES string of the molecule is Nc1c(C(=O)NCc2ccccn2)sc2ccccc12. The molecule has 0 saturated heterocycles. The van der Waals surface area contributed by atoms with Gasteiger partial charge in [0.1, 0.15) is 4.88 Å². The molecule has 0 radical (unpaired) electrons. The predicted molar refractivity (Wildman–Crippen MR) is 81.6 cm³/mol. The minimum Gasteiger partial charge on any atom is -0.397 e. The van der Waals surface area contributed by atoms with Crippen molar-refractivity contribution in [2.75, 3.05) is 5.73 Å². The van der Waals surface area contributed by atoms with Crippen molar-refractivity contribution in [1.29, 1.82) is 0 Å². The number of amides is 1. The quantitative estimate of drug-likeness (QED) is 0.776. The molecule has 0 unspecified atom stereocenters. The second-order valence-electron chi connectivity index (χ2n) is 4.34. The van der Waals surface area contributed by atoms with Crippen LogP contribution in [-0.2, 0) is 6.54 Å². The molecule has 0 aliphatic rings. The molecule has 20 heavy (non-hydrogen) atoms. The second-order valence-corrected chi connectivity index (χ2v) is 5.40. The lowest BCUT2D eigenvalue weighted by molar-refractivity contribution is 0.0955. The molecule has 2 heterocycles. The molecular formula is C15H13N3OS. The Morgan fingerprint density at radius 3 is 2.75 bits per heavy atom. The molecule has 0 spiro atoms. The third kappa shape index (κ3) is 2.35. The fourth-order valence-corrected chi connectivity index (χ4v) is 3.03. The number of hydrogen-bond donors (Lipinski definition) is 2. The molecule has 0 atom stereocenters. The molecule has 1 amide bonds. The third-order valence-corrected chi connectivity index (χ3v) is 4.18. The summed E-state index contributed by atoms with van der Waals surface area (Å²) in [6, 6.07) is 13.4. The van der Waals surface area contributed by atoms with E-state index in [0.717, 1.165) is 15.8 Å². The number of carbonyl (C=O) groups is 1. The van der Waals surface area contributed by atoms with Crippen LogP contribution in [-0.4, -0.2) is 10.9 Å². The zero-order valence-electron chi connectivity index (χ0n) is 10.7. The van der Waals surface area contributed by atoms with Gasteiger partial charge in [0.05, 0.1) is 17.9 Å². The molecule has 3 rings (SSSR count). The van der Waals surface area contributed by atoms with Crippen LogP contribution in [0.3, 0.4) is 0 Å². The molecule has 5 heteroatoms. The highest BCUT2D eigenvalue weighted by molar-refractivity contribution is 7.21. The average Bonchev–Trinajstić information content (AvgIpc) is 2.84. The number of hydrogen-bond acceptors (Lipinski definition) is 4. The van der Waals surface area contributed by atoms with Crippen molar-refractivity contribution < 1.29 is 4.79 Å². The Kier molecular flexibility index (Phi) is 3.35. The van der Waals surface area contributed by atoms with E-state index in [4.69, 9.17) is 5.73 Å². The van der Waals surface area contributed by atoms with Crippen molar-refractivity contribution in [3.8, 4) is 0 Å². The highest BCUT2D eigenvalue weighted by Crippen LogP contribution is 2.33. The molecule has 1 aromatic carbocycles. The maximum absolute atomic E-state index is 12.2. The summed E-state index contributed by atoms with van der Waals surface area (Å²) in [6.07, 6.45) is 1.70. The van der Waals surface area contributed by atoms with Crippen LogP contribution in [0.5, 0.6) is 0 Å². The molecule has 100 valence electrons. The number of benzene rings is 1. The summed E-state index contributed by atoms with van der Waals surface area (Å²) in [5, 5.41) is 3.78. The smallest absolute Gasteiger partial charge is 0.263 e. The van der Waals surface area contributed by atoms with E-state index in [1.165, 1.54) is 11.3 Å². The molecule has 0 saturated carbocycles. The highest BCUT2D eigenvalue weighted by Gasteiger charge is 2.15. The van der Waals surface area contributed by atoms with Gasteiger partial charge in [-0.05, 0) is 18.2 Å². The van der Waals surface area contributed by atoms with E-state index in [9.17, 15) is 4.79 Å². The molecule has 4 nitrogen and oxygen atoms in total. The van der Waals surface area contributed by atoms with Crippen molar-refractivity contribution in [1.82, 2.24) is 10.3 Å². The first kappa shape index (κ1) is 12.6. The minimum absolute atomic E-state index is 0.158. The second kappa shape index (κ2) is 5.30.